The molecule has 124 valence electrons. The number of halogens is 3. The number of anilines is 1. The van der Waals surface area contributed by atoms with E-state index in [2.05, 4.69) is 4.72 Å². The Bertz CT molecular complexity index is 817. The van der Waals surface area contributed by atoms with Gasteiger partial charge in [0.1, 0.15) is 0 Å². The Morgan fingerprint density at radius 1 is 1.13 bits per heavy atom. The quantitative estimate of drug-likeness (QED) is 0.893. The lowest BCUT2D eigenvalue weighted by Gasteiger charge is -2.13. The topological polar surface area (TPSA) is 66.4 Å². The second kappa shape index (κ2) is 6.21. The molecule has 0 spiro atoms. The Balaban J connectivity index is 2.40. The Labute approximate surface area is 131 Å². The van der Waals surface area contributed by atoms with Gasteiger partial charge < -0.3 is 5.11 Å². The van der Waals surface area contributed by atoms with Gasteiger partial charge in [-0.3, -0.25) is 4.72 Å². The number of benzene rings is 2. The third-order valence-corrected chi connectivity index (χ3v) is 4.56. The minimum Gasteiger partial charge on any atom is -0.392 e. The minimum atomic E-state index is -4.63. The van der Waals surface area contributed by atoms with Crippen LogP contribution in [0.5, 0.6) is 0 Å². The van der Waals surface area contributed by atoms with Crippen molar-refractivity contribution in [1.82, 2.24) is 0 Å². The fourth-order valence-corrected chi connectivity index (χ4v) is 3.09. The minimum absolute atomic E-state index is 0.203. The van der Waals surface area contributed by atoms with Crippen molar-refractivity contribution in [2.45, 2.75) is 24.6 Å². The molecule has 0 saturated heterocycles. The van der Waals surface area contributed by atoms with Crippen LogP contribution in [0.25, 0.3) is 0 Å². The number of sulfonamides is 1. The van der Waals surface area contributed by atoms with E-state index in [1.54, 1.807) is 19.1 Å². The molecule has 0 fully saturated rings. The third-order valence-electron chi connectivity index (χ3n) is 3.20. The number of aliphatic hydroxyl groups excluding tert-OH is 1. The second-order valence-electron chi connectivity index (χ2n) is 4.94. The van der Waals surface area contributed by atoms with Crippen LogP contribution < -0.4 is 4.72 Å². The molecule has 2 N–H and O–H groups in total. The molecule has 0 unspecified atom stereocenters. The molecule has 0 bridgehead atoms. The normalized spacial score (nSPS) is 12.2. The summed E-state index contributed by atoms with van der Waals surface area (Å²) >= 11 is 0. The number of hydrogen-bond acceptors (Lipinski definition) is 3. The molecule has 8 heteroatoms. The average molecular weight is 345 g/mol. The lowest BCUT2D eigenvalue weighted by Crippen LogP contribution is -2.15. The van der Waals surface area contributed by atoms with E-state index < -0.39 is 26.7 Å². The highest BCUT2D eigenvalue weighted by Crippen LogP contribution is 2.31. The molecular weight excluding hydrogens is 331 g/mol. The highest BCUT2D eigenvalue weighted by atomic mass is 32.2. The van der Waals surface area contributed by atoms with E-state index in [9.17, 15) is 21.6 Å². The monoisotopic (exact) mass is 345 g/mol. The number of rotatable bonds is 4. The number of aliphatic hydroxyl groups is 1. The first-order valence-corrected chi connectivity index (χ1v) is 8.02. The van der Waals surface area contributed by atoms with Gasteiger partial charge in [0.2, 0.25) is 0 Å². The van der Waals surface area contributed by atoms with E-state index in [0.29, 0.717) is 17.2 Å². The van der Waals surface area contributed by atoms with Gasteiger partial charge in [0, 0.05) is 0 Å². The highest BCUT2D eigenvalue weighted by molar-refractivity contribution is 7.92. The SMILES string of the molecule is Cc1ccc(CO)cc1NS(=O)(=O)c1cccc(C(F)(F)F)c1. The van der Waals surface area contributed by atoms with Gasteiger partial charge in [0.05, 0.1) is 22.8 Å². The van der Waals surface area contributed by atoms with Crippen LogP contribution in [0.4, 0.5) is 18.9 Å². The largest absolute Gasteiger partial charge is 0.416 e. The summed E-state index contributed by atoms with van der Waals surface area (Å²) in [6.07, 6.45) is -4.63. The summed E-state index contributed by atoms with van der Waals surface area (Å²) in [4.78, 5) is -0.485. The summed E-state index contributed by atoms with van der Waals surface area (Å²) in [5.41, 5.74) is 0.227. The van der Waals surface area contributed by atoms with Gasteiger partial charge in [0.15, 0.2) is 0 Å². The summed E-state index contributed by atoms with van der Waals surface area (Å²) in [6.45, 7) is 1.36. The molecule has 2 rings (SSSR count). The Kier molecular flexibility index (Phi) is 4.67. The molecule has 2 aromatic carbocycles. The predicted molar refractivity (Wildman–Crippen MR) is 79.4 cm³/mol. The average Bonchev–Trinajstić information content (AvgIpc) is 2.48. The van der Waals surface area contributed by atoms with Crippen molar-refractivity contribution in [2.75, 3.05) is 4.72 Å². The number of nitrogens with one attached hydrogen (secondary N) is 1. The van der Waals surface area contributed by atoms with Crippen molar-refractivity contribution < 1.29 is 26.7 Å². The van der Waals surface area contributed by atoms with Crippen LogP contribution in [-0.2, 0) is 22.8 Å². The van der Waals surface area contributed by atoms with Crippen molar-refractivity contribution in [3.8, 4) is 0 Å². The van der Waals surface area contributed by atoms with Gasteiger partial charge in [-0.2, -0.15) is 13.2 Å². The van der Waals surface area contributed by atoms with Gasteiger partial charge in [0.25, 0.3) is 10.0 Å². The molecule has 23 heavy (non-hydrogen) atoms. The van der Waals surface area contributed by atoms with Crippen molar-refractivity contribution in [2.24, 2.45) is 0 Å². The van der Waals surface area contributed by atoms with Crippen molar-refractivity contribution in [1.29, 1.82) is 0 Å². The van der Waals surface area contributed by atoms with Crippen LogP contribution in [0.3, 0.4) is 0 Å². The Morgan fingerprint density at radius 2 is 1.83 bits per heavy atom. The zero-order valence-electron chi connectivity index (χ0n) is 12.1. The second-order valence-corrected chi connectivity index (χ2v) is 6.62. The van der Waals surface area contributed by atoms with Gasteiger partial charge in [-0.15, -0.1) is 0 Å². The van der Waals surface area contributed by atoms with Crippen molar-refractivity contribution in [3.63, 3.8) is 0 Å². The van der Waals surface area contributed by atoms with E-state index in [1.807, 2.05) is 0 Å². The van der Waals surface area contributed by atoms with Crippen LogP contribution in [0.1, 0.15) is 16.7 Å². The van der Waals surface area contributed by atoms with Gasteiger partial charge >= 0.3 is 6.18 Å². The molecule has 4 nitrogen and oxygen atoms in total. The standard InChI is InChI=1S/C15H14F3NO3S/c1-10-5-6-11(9-20)7-14(10)19-23(21,22)13-4-2-3-12(8-13)15(16,17)18/h2-8,19-20H,9H2,1H3. The summed E-state index contributed by atoms with van der Waals surface area (Å²) < 4.78 is 64.9. The first-order chi connectivity index (χ1) is 10.6. The first kappa shape index (κ1) is 17.3. The summed E-state index contributed by atoms with van der Waals surface area (Å²) in [5, 5.41) is 9.09. The first-order valence-electron chi connectivity index (χ1n) is 6.54. The summed E-state index contributed by atoms with van der Waals surface area (Å²) in [7, 11) is -4.18. The predicted octanol–water partition coefficient (Wildman–Crippen LogP) is 3.31. The van der Waals surface area contributed by atoms with Crippen LogP contribution in [-0.4, -0.2) is 13.5 Å². The molecule has 0 aliphatic heterocycles. The molecule has 0 radical (unpaired) electrons. The van der Waals surface area contributed by atoms with Crippen molar-refractivity contribution in [3.05, 3.63) is 59.2 Å². The molecular formula is C15H14F3NO3S. The fraction of sp³-hybridized carbons (Fsp3) is 0.200. The maximum atomic E-state index is 12.7. The lowest BCUT2D eigenvalue weighted by atomic mass is 10.1. The number of hydrogen-bond donors (Lipinski definition) is 2. The van der Waals surface area contributed by atoms with E-state index in [0.717, 1.165) is 18.2 Å². The van der Waals surface area contributed by atoms with E-state index >= 15 is 0 Å². The van der Waals surface area contributed by atoms with E-state index in [1.165, 1.54) is 6.07 Å². The number of alkyl halides is 3. The van der Waals surface area contributed by atoms with Crippen LogP contribution in [0.15, 0.2) is 47.4 Å². The van der Waals surface area contributed by atoms with Gasteiger partial charge in [-0.25, -0.2) is 8.42 Å². The molecule has 0 aliphatic rings. The summed E-state index contributed by atoms with van der Waals surface area (Å²) in [5.74, 6) is 0. The highest BCUT2D eigenvalue weighted by Gasteiger charge is 2.31. The smallest absolute Gasteiger partial charge is 0.392 e. The maximum Gasteiger partial charge on any atom is 0.416 e. The number of aryl methyl sites for hydroxylation is 1. The molecule has 0 amide bonds. The zero-order chi connectivity index (χ0) is 17.3. The van der Waals surface area contributed by atoms with E-state index in [-0.39, 0.29) is 12.3 Å². The molecule has 0 aromatic heterocycles. The molecule has 0 aliphatic carbocycles. The fourth-order valence-electron chi connectivity index (χ4n) is 1.92. The third kappa shape index (κ3) is 4.02. The molecule has 2 aromatic rings. The van der Waals surface area contributed by atoms with Crippen molar-refractivity contribution >= 4 is 15.7 Å². The van der Waals surface area contributed by atoms with E-state index in [4.69, 9.17) is 5.11 Å². The molecule has 0 saturated carbocycles. The Morgan fingerprint density at radius 3 is 2.43 bits per heavy atom. The zero-order valence-corrected chi connectivity index (χ0v) is 12.9. The van der Waals surface area contributed by atoms with Crippen LogP contribution in [0, 0.1) is 6.92 Å². The summed E-state index contributed by atoms with van der Waals surface area (Å²) in [6, 6.07) is 8.16. The van der Waals surface area contributed by atoms with Crippen LogP contribution >= 0.6 is 0 Å². The molecule has 0 atom stereocenters. The van der Waals surface area contributed by atoms with Gasteiger partial charge in [-0.1, -0.05) is 18.2 Å². The molecule has 0 heterocycles. The lowest BCUT2D eigenvalue weighted by molar-refractivity contribution is -0.137. The Hall–Kier alpha value is -2.06. The van der Waals surface area contributed by atoms with Crippen LogP contribution in [0.2, 0.25) is 0 Å². The van der Waals surface area contributed by atoms with Gasteiger partial charge in [-0.05, 0) is 42.3 Å². The maximum absolute atomic E-state index is 12.7.